The van der Waals surface area contributed by atoms with Gasteiger partial charge in [0.1, 0.15) is 5.84 Å². The number of fused-ring (bicyclic) bond motifs is 11. The van der Waals surface area contributed by atoms with Gasteiger partial charge in [0, 0.05) is 28.0 Å². The summed E-state index contributed by atoms with van der Waals surface area (Å²) in [5.74, 6) is 1.64. The Labute approximate surface area is 290 Å². The number of rotatable bonds is 1. The van der Waals surface area contributed by atoms with Crippen molar-refractivity contribution >= 4 is 22.8 Å². The summed E-state index contributed by atoms with van der Waals surface area (Å²) in [5, 5.41) is 0. The third-order valence-electron chi connectivity index (χ3n) is 12.9. The average Bonchev–Trinajstić information content (AvgIpc) is 3.56. The molecule has 2 heterocycles. The van der Waals surface area contributed by atoms with Gasteiger partial charge in [-0.3, -0.25) is 0 Å². The molecule has 0 saturated heterocycles. The minimum Gasteiger partial charge on any atom is -0.318 e. The summed E-state index contributed by atoms with van der Waals surface area (Å²) in [6.45, 7) is 12.4. The van der Waals surface area contributed by atoms with Gasteiger partial charge in [-0.2, -0.15) is 0 Å². The van der Waals surface area contributed by atoms with Gasteiger partial charge in [-0.05, 0) is 73.9 Å². The molecule has 0 spiro atoms. The summed E-state index contributed by atoms with van der Waals surface area (Å²) in [6, 6.07) is 33.8. The molecule has 0 N–H and O–H groups in total. The Morgan fingerprint density at radius 3 is 2.29 bits per heavy atom. The summed E-state index contributed by atoms with van der Waals surface area (Å²) in [7, 11) is 0. The highest BCUT2D eigenvalue weighted by Crippen LogP contribution is 2.68. The molecule has 4 unspecified atom stereocenters. The average molecular weight is 635 g/mol. The zero-order chi connectivity index (χ0) is 33.3. The lowest BCUT2D eigenvalue weighted by Gasteiger charge is -2.42. The van der Waals surface area contributed by atoms with Crippen LogP contribution >= 0.6 is 0 Å². The molecule has 0 fully saturated rings. The van der Waals surface area contributed by atoms with Gasteiger partial charge in [-0.25, -0.2) is 4.99 Å². The van der Waals surface area contributed by atoms with E-state index in [0.29, 0.717) is 5.92 Å². The molecule has 4 aromatic carbocycles. The van der Waals surface area contributed by atoms with Gasteiger partial charge in [-0.15, -0.1) is 0 Å². The molecule has 2 heteroatoms. The van der Waals surface area contributed by atoms with Crippen LogP contribution in [0.1, 0.15) is 85.0 Å². The molecule has 4 atom stereocenters. The second kappa shape index (κ2) is 9.82. The van der Waals surface area contributed by atoms with Crippen LogP contribution in [0.25, 0.3) is 11.3 Å². The first-order valence-electron chi connectivity index (χ1n) is 18.0. The fourth-order valence-corrected chi connectivity index (χ4v) is 10.8. The van der Waals surface area contributed by atoms with E-state index in [0.717, 1.165) is 23.5 Å². The highest BCUT2D eigenvalue weighted by molar-refractivity contribution is 6.15. The van der Waals surface area contributed by atoms with E-state index >= 15 is 0 Å². The molecule has 4 aliphatic carbocycles. The summed E-state index contributed by atoms with van der Waals surface area (Å²) >= 11 is 0. The molecule has 0 amide bonds. The van der Waals surface area contributed by atoms with Crippen molar-refractivity contribution in [1.82, 2.24) is 0 Å². The SMILES string of the molecule is CC1(C)C2=C(c3ccccc31)C1(C)c3ccc4c(c3C(C)(C)C1C=C2)C1C=CC=CC1N4C1=NC(c2ccccc2)=CCc2ccccc21. The normalized spacial score (nSPS) is 27.3. The lowest BCUT2D eigenvalue weighted by Crippen LogP contribution is -2.39. The molecular weight excluding hydrogens is 593 g/mol. The van der Waals surface area contributed by atoms with Crippen molar-refractivity contribution in [2.75, 3.05) is 4.90 Å². The predicted octanol–water partition coefficient (Wildman–Crippen LogP) is 10.6. The molecule has 0 radical (unpaired) electrons. The van der Waals surface area contributed by atoms with Crippen molar-refractivity contribution in [2.45, 2.75) is 69.2 Å². The quantitative estimate of drug-likeness (QED) is 0.203. The Balaban J connectivity index is 1.22. The lowest BCUT2D eigenvalue weighted by atomic mass is 9.61. The van der Waals surface area contributed by atoms with Crippen molar-refractivity contribution in [3.05, 3.63) is 184 Å². The number of hydrogen-bond donors (Lipinski definition) is 0. The minimum absolute atomic E-state index is 0.0200. The van der Waals surface area contributed by atoms with Crippen molar-refractivity contribution in [3.8, 4) is 0 Å². The smallest absolute Gasteiger partial charge is 0.141 e. The van der Waals surface area contributed by atoms with Gasteiger partial charge < -0.3 is 4.90 Å². The van der Waals surface area contributed by atoms with Crippen molar-refractivity contribution < 1.29 is 0 Å². The van der Waals surface area contributed by atoms with E-state index in [1.54, 1.807) is 0 Å². The summed E-state index contributed by atoms with van der Waals surface area (Å²) in [4.78, 5) is 8.17. The van der Waals surface area contributed by atoms with Gasteiger partial charge in [-0.1, -0.05) is 162 Å². The predicted molar refractivity (Wildman–Crippen MR) is 204 cm³/mol. The summed E-state index contributed by atoms with van der Waals surface area (Å²) in [5.41, 5.74) is 16.3. The Bertz CT molecular complexity index is 2290. The van der Waals surface area contributed by atoms with Crippen LogP contribution in [-0.2, 0) is 22.7 Å². The fourth-order valence-electron chi connectivity index (χ4n) is 10.8. The van der Waals surface area contributed by atoms with Gasteiger partial charge in [0.15, 0.2) is 0 Å². The standard InChI is InChI=1S/C47H42N2/c1-45(2)34-21-13-11-19-32(34)42-35(45)25-28-40-46(3,4)43-36(47(40,42)5)24-27-39-41(43)33-20-12-14-22-38(33)49(39)44-31-18-10-9-15-29(31)23-26-37(48-44)30-16-7-6-8-17-30/h6-22,24-28,33,38,40H,23H2,1-5H3. The topological polar surface area (TPSA) is 15.6 Å². The number of hydrogen-bond acceptors (Lipinski definition) is 2. The van der Waals surface area contributed by atoms with Gasteiger partial charge >= 0.3 is 0 Å². The molecule has 2 aliphatic heterocycles. The molecule has 0 aromatic heterocycles. The Morgan fingerprint density at radius 2 is 1.45 bits per heavy atom. The van der Waals surface area contributed by atoms with Crippen LogP contribution in [0, 0.1) is 5.92 Å². The van der Waals surface area contributed by atoms with Crippen LogP contribution in [0.3, 0.4) is 0 Å². The number of allylic oxidation sites excluding steroid dienone is 7. The first-order chi connectivity index (χ1) is 23.7. The number of amidine groups is 1. The second-order valence-corrected chi connectivity index (χ2v) is 16.0. The van der Waals surface area contributed by atoms with Crippen molar-refractivity contribution in [2.24, 2.45) is 10.9 Å². The number of aliphatic imine (C=N–C) groups is 1. The molecule has 10 rings (SSSR count). The maximum Gasteiger partial charge on any atom is 0.141 e. The first-order valence-corrected chi connectivity index (χ1v) is 18.0. The zero-order valence-corrected chi connectivity index (χ0v) is 29.0. The Hall–Kier alpha value is -4.95. The molecular formula is C47H42N2. The zero-order valence-electron chi connectivity index (χ0n) is 29.0. The largest absolute Gasteiger partial charge is 0.318 e. The molecule has 240 valence electrons. The monoisotopic (exact) mass is 634 g/mol. The van der Waals surface area contributed by atoms with Crippen molar-refractivity contribution in [1.29, 1.82) is 0 Å². The molecule has 0 bridgehead atoms. The maximum atomic E-state index is 5.59. The van der Waals surface area contributed by atoms with E-state index in [9.17, 15) is 0 Å². The third-order valence-corrected chi connectivity index (χ3v) is 12.9. The second-order valence-electron chi connectivity index (χ2n) is 16.0. The lowest BCUT2D eigenvalue weighted by molar-refractivity contribution is 0.329. The van der Waals surface area contributed by atoms with Crippen LogP contribution in [-0.4, -0.2) is 11.9 Å². The van der Waals surface area contributed by atoms with E-state index in [4.69, 9.17) is 4.99 Å². The van der Waals surface area contributed by atoms with Crippen LogP contribution < -0.4 is 4.90 Å². The van der Waals surface area contributed by atoms with Crippen LogP contribution in [0.2, 0.25) is 0 Å². The Morgan fingerprint density at radius 1 is 0.714 bits per heavy atom. The molecule has 2 nitrogen and oxygen atoms in total. The van der Waals surface area contributed by atoms with Gasteiger partial charge in [0.2, 0.25) is 0 Å². The Kier molecular flexibility index (Phi) is 5.81. The minimum atomic E-state index is -0.130. The maximum absolute atomic E-state index is 5.59. The van der Waals surface area contributed by atoms with Gasteiger partial charge in [0.25, 0.3) is 0 Å². The number of anilines is 1. The number of benzene rings is 4. The van der Waals surface area contributed by atoms with Crippen LogP contribution in [0.4, 0.5) is 5.69 Å². The molecule has 0 saturated carbocycles. The highest BCUT2D eigenvalue weighted by Gasteiger charge is 2.61. The van der Waals surface area contributed by atoms with E-state index in [1.165, 1.54) is 55.8 Å². The molecule has 49 heavy (non-hydrogen) atoms. The summed E-state index contributed by atoms with van der Waals surface area (Å²) < 4.78 is 0. The van der Waals surface area contributed by atoms with Crippen LogP contribution in [0.5, 0.6) is 0 Å². The van der Waals surface area contributed by atoms with E-state index in [-0.39, 0.29) is 28.2 Å². The molecule has 4 aromatic rings. The van der Waals surface area contributed by atoms with E-state index in [1.807, 2.05) is 0 Å². The summed E-state index contributed by atoms with van der Waals surface area (Å²) in [6.07, 6.45) is 17.6. The molecule has 6 aliphatic rings. The third kappa shape index (κ3) is 3.65. The van der Waals surface area contributed by atoms with Crippen LogP contribution in [0.15, 0.2) is 144 Å². The van der Waals surface area contributed by atoms with Crippen molar-refractivity contribution in [3.63, 3.8) is 0 Å². The van der Waals surface area contributed by atoms with Gasteiger partial charge in [0.05, 0.1) is 11.7 Å². The van der Waals surface area contributed by atoms with E-state index in [2.05, 4.69) is 173 Å². The first kappa shape index (κ1) is 29.0. The number of nitrogens with zero attached hydrogens (tertiary/aromatic N) is 2. The highest BCUT2D eigenvalue weighted by atomic mass is 15.2. The van der Waals surface area contributed by atoms with E-state index < -0.39 is 0 Å². The fraction of sp³-hybridized carbons (Fsp3) is 0.255.